The van der Waals surface area contributed by atoms with E-state index < -0.39 is 6.10 Å². The Hall–Kier alpha value is -1.36. The molecule has 2 atom stereocenters. The lowest BCUT2D eigenvalue weighted by atomic mass is 9.87. The molecule has 0 aliphatic heterocycles. The zero-order chi connectivity index (χ0) is 15.4. The number of aliphatic hydroxyl groups is 1. The van der Waals surface area contributed by atoms with Crippen LogP contribution in [0, 0.1) is 6.92 Å². The van der Waals surface area contributed by atoms with E-state index in [1.165, 1.54) is 0 Å². The van der Waals surface area contributed by atoms with Crippen LogP contribution in [0.2, 0.25) is 0 Å². The van der Waals surface area contributed by atoms with Crippen LogP contribution in [0.25, 0.3) is 0 Å². The average Bonchev–Trinajstić information content (AvgIpc) is 2.49. The van der Waals surface area contributed by atoms with Crippen molar-refractivity contribution in [2.75, 3.05) is 13.7 Å². The third kappa shape index (κ3) is 3.46. The molecule has 0 saturated carbocycles. The smallest absolute Gasteiger partial charge is 0.133 e. The average molecular weight is 350 g/mol. The summed E-state index contributed by atoms with van der Waals surface area (Å²) in [6.45, 7) is 2.42. The lowest BCUT2D eigenvalue weighted by Crippen LogP contribution is -2.21. The summed E-state index contributed by atoms with van der Waals surface area (Å²) in [6, 6.07) is 13.6. The summed E-state index contributed by atoms with van der Waals surface area (Å²) in [6.07, 6.45) is -0.654. The van der Waals surface area contributed by atoms with Crippen molar-refractivity contribution in [3.63, 3.8) is 0 Å². The quantitative estimate of drug-likeness (QED) is 0.867. The molecule has 0 radical (unpaired) electrons. The Morgan fingerprint density at radius 1 is 1.24 bits per heavy atom. The lowest BCUT2D eigenvalue weighted by Gasteiger charge is -2.24. The predicted octanol–water partition coefficient (Wildman–Crippen LogP) is 3.54. The Kier molecular flexibility index (Phi) is 5.39. The molecule has 2 unspecified atom stereocenters. The number of hydrogen-bond donors (Lipinski definition) is 2. The third-order valence-corrected chi connectivity index (χ3v) is 4.36. The number of aliphatic hydroxyl groups excluding tert-OH is 1. The Morgan fingerprint density at radius 2 is 1.95 bits per heavy atom. The summed E-state index contributed by atoms with van der Waals surface area (Å²) >= 11 is 3.45. The maximum atomic E-state index is 10.7. The SMILES string of the molecule is COc1ccc(C(O)C(CN)c2ccccc2C)cc1Br. The van der Waals surface area contributed by atoms with Crippen LogP contribution >= 0.6 is 15.9 Å². The zero-order valence-corrected chi connectivity index (χ0v) is 13.8. The number of aryl methyl sites for hydroxylation is 1. The van der Waals surface area contributed by atoms with E-state index in [0.29, 0.717) is 6.54 Å². The van der Waals surface area contributed by atoms with Gasteiger partial charge in [-0.05, 0) is 51.7 Å². The first-order valence-corrected chi connectivity index (χ1v) is 7.65. The molecule has 112 valence electrons. The molecule has 0 fully saturated rings. The summed E-state index contributed by atoms with van der Waals surface area (Å²) in [5.41, 5.74) is 8.95. The fraction of sp³-hybridized carbons (Fsp3) is 0.294. The van der Waals surface area contributed by atoms with Crippen LogP contribution in [0.3, 0.4) is 0 Å². The van der Waals surface area contributed by atoms with Gasteiger partial charge in [0.05, 0.1) is 17.7 Å². The molecular weight excluding hydrogens is 330 g/mol. The molecule has 0 spiro atoms. The number of rotatable bonds is 5. The largest absolute Gasteiger partial charge is 0.496 e. The van der Waals surface area contributed by atoms with Gasteiger partial charge in [0, 0.05) is 12.5 Å². The molecule has 0 aromatic heterocycles. The molecule has 3 N–H and O–H groups in total. The molecule has 4 heteroatoms. The van der Waals surface area contributed by atoms with Crippen molar-refractivity contribution in [2.45, 2.75) is 18.9 Å². The number of nitrogens with two attached hydrogens (primary N) is 1. The summed E-state index contributed by atoms with van der Waals surface area (Å²) in [5, 5.41) is 10.7. The van der Waals surface area contributed by atoms with Gasteiger partial charge in [-0.25, -0.2) is 0 Å². The van der Waals surface area contributed by atoms with Gasteiger partial charge < -0.3 is 15.6 Å². The van der Waals surface area contributed by atoms with Gasteiger partial charge >= 0.3 is 0 Å². The highest BCUT2D eigenvalue weighted by molar-refractivity contribution is 9.10. The predicted molar refractivity (Wildman–Crippen MR) is 88.6 cm³/mol. The van der Waals surface area contributed by atoms with Gasteiger partial charge in [0.15, 0.2) is 0 Å². The molecule has 0 bridgehead atoms. The molecule has 0 aliphatic rings. The molecule has 0 aliphatic carbocycles. The summed E-state index contributed by atoms with van der Waals surface area (Å²) in [4.78, 5) is 0. The second-order valence-electron chi connectivity index (χ2n) is 5.04. The number of methoxy groups -OCH3 is 1. The van der Waals surface area contributed by atoms with Gasteiger partial charge in [-0.1, -0.05) is 30.3 Å². The van der Waals surface area contributed by atoms with Crippen molar-refractivity contribution in [3.05, 3.63) is 63.6 Å². The van der Waals surface area contributed by atoms with Gasteiger partial charge in [0.25, 0.3) is 0 Å². The molecule has 2 rings (SSSR count). The first kappa shape index (κ1) is 16.0. The van der Waals surface area contributed by atoms with E-state index in [0.717, 1.165) is 26.9 Å². The summed E-state index contributed by atoms with van der Waals surface area (Å²) < 4.78 is 6.04. The van der Waals surface area contributed by atoms with E-state index in [1.807, 2.05) is 49.4 Å². The Balaban J connectivity index is 2.34. The van der Waals surface area contributed by atoms with Crippen LogP contribution in [-0.4, -0.2) is 18.8 Å². The molecule has 3 nitrogen and oxygen atoms in total. The van der Waals surface area contributed by atoms with Gasteiger partial charge in [0.2, 0.25) is 0 Å². The molecule has 0 saturated heterocycles. The Bertz CT molecular complexity index is 615. The summed E-state index contributed by atoms with van der Waals surface area (Å²) in [5.74, 6) is 0.609. The monoisotopic (exact) mass is 349 g/mol. The van der Waals surface area contributed by atoms with Crippen LogP contribution in [0.1, 0.15) is 28.7 Å². The van der Waals surface area contributed by atoms with Gasteiger partial charge in [-0.3, -0.25) is 0 Å². The standard InChI is InChI=1S/C17H20BrNO2/c1-11-5-3-4-6-13(11)14(10-19)17(20)12-7-8-16(21-2)15(18)9-12/h3-9,14,17,20H,10,19H2,1-2H3. The van der Waals surface area contributed by atoms with E-state index in [9.17, 15) is 5.11 Å². The van der Waals surface area contributed by atoms with Crippen molar-refractivity contribution in [1.29, 1.82) is 0 Å². The fourth-order valence-electron chi connectivity index (χ4n) is 2.53. The van der Waals surface area contributed by atoms with E-state index in [1.54, 1.807) is 7.11 Å². The lowest BCUT2D eigenvalue weighted by molar-refractivity contribution is 0.147. The minimum absolute atomic E-state index is 0.133. The minimum Gasteiger partial charge on any atom is -0.496 e. The first-order valence-electron chi connectivity index (χ1n) is 6.85. The Morgan fingerprint density at radius 3 is 2.52 bits per heavy atom. The van der Waals surface area contributed by atoms with Gasteiger partial charge in [-0.15, -0.1) is 0 Å². The van der Waals surface area contributed by atoms with E-state index in [2.05, 4.69) is 15.9 Å². The van der Waals surface area contributed by atoms with Crippen molar-refractivity contribution in [1.82, 2.24) is 0 Å². The fourth-order valence-corrected chi connectivity index (χ4v) is 3.09. The van der Waals surface area contributed by atoms with Crippen molar-refractivity contribution in [3.8, 4) is 5.75 Å². The van der Waals surface area contributed by atoms with Crippen LogP contribution in [0.5, 0.6) is 5.75 Å². The van der Waals surface area contributed by atoms with Crippen molar-refractivity contribution in [2.24, 2.45) is 5.73 Å². The van der Waals surface area contributed by atoms with Gasteiger partial charge in [0.1, 0.15) is 5.75 Å². The third-order valence-electron chi connectivity index (χ3n) is 3.74. The second-order valence-corrected chi connectivity index (χ2v) is 5.89. The van der Waals surface area contributed by atoms with Crippen LogP contribution < -0.4 is 10.5 Å². The van der Waals surface area contributed by atoms with Crippen molar-refractivity contribution < 1.29 is 9.84 Å². The first-order chi connectivity index (χ1) is 10.1. The van der Waals surface area contributed by atoms with Crippen molar-refractivity contribution >= 4 is 15.9 Å². The maximum Gasteiger partial charge on any atom is 0.133 e. The van der Waals surface area contributed by atoms with Gasteiger partial charge in [-0.2, -0.15) is 0 Å². The van der Waals surface area contributed by atoms with Crippen LogP contribution in [0.4, 0.5) is 0 Å². The zero-order valence-electron chi connectivity index (χ0n) is 12.2. The number of hydrogen-bond acceptors (Lipinski definition) is 3. The number of benzene rings is 2. The highest BCUT2D eigenvalue weighted by Gasteiger charge is 2.23. The highest BCUT2D eigenvalue weighted by Crippen LogP contribution is 2.35. The van der Waals surface area contributed by atoms with Crippen LogP contribution in [0.15, 0.2) is 46.9 Å². The molecule has 2 aromatic rings. The van der Waals surface area contributed by atoms with Crippen LogP contribution in [-0.2, 0) is 0 Å². The molecule has 2 aromatic carbocycles. The van der Waals surface area contributed by atoms with E-state index in [4.69, 9.17) is 10.5 Å². The Labute approximate surface area is 133 Å². The molecule has 21 heavy (non-hydrogen) atoms. The second kappa shape index (κ2) is 7.07. The number of halogens is 1. The normalized spacial score (nSPS) is 13.8. The molecular formula is C17H20BrNO2. The molecule has 0 heterocycles. The molecule has 0 amide bonds. The highest BCUT2D eigenvalue weighted by atomic mass is 79.9. The maximum absolute atomic E-state index is 10.7. The van der Waals surface area contributed by atoms with E-state index in [-0.39, 0.29) is 5.92 Å². The summed E-state index contributed by atoms with van der Waals surface area (Å²) in [7, 11) is 1.62. The number of ether oxygens (including phenoxy) is 1. The minimum atomic E-state index is -0.654. The topological polar surface area (TPSA) is 55.5 Å². The van der Waals surface area contributed by atoms with E-state index >= 15 is 0 Å².